The van der Waals surface area contributed by atoms with E-state index >= 15 is 0 Å². The number of nitrogens with zero attached hydrogens (tertiary/aromatic N) is 1. The summed E-state index contributed by atoms with van der Waals surface area (Å²) in [4.78, 5) is 25.2. The lowest BCUT2D eigenvalue weighted by molar-refractivity contribution is -0.324. The van der Waals surface area contributed by atoms with Gasteiger partial charge in [0, 0.05) is 18.8 Å². The van der Waals surface area contributed by atoms with Gasteiger partial charge in [0.05, 0.1) is 18.2 Å². The van der Waals surface area contributed by atoms with Crippen LogP contribution in [0.3, 0.4) is 0 Å². The van der Waals surface area contributed by atoms with Crippen molar-refractivity contribution in [3.05, 3.63) is 29.3 Å². The van der Waals surface area contributed by atoms with Crippen LogP contribution in [0.5, 0.6) is 0 Å². The number of carbonyl (C=O) groups is 2. The lowest BCUT2D eigenvalue weighted by atomic mass is 10.1. The van der Waals surface area contributed by atoms with E-state index in [0.717, 1.165) is 0 Å². The summed E-state index contributed by atoms with van der Waals surface area (Å²) in [5.74, 6) is -1.17. The number of amides is 1. The van der Waals surface area contributed by atoms with Crippen LogP contribution in [0.15, 0.2) is 18.2 Å². The zero-order valence-corrected chi connectivity index (χ0v) is 16.5. The first kappa shape index (κ1) is 22.8. The molecule has 1 fully saturated rings. The Morgan fingerprint density at radius 3 is 2.52 bits per heavy atom. The van der Waals surface area contributed by atoms with Gasteiger partial charge in [-0.05, 0) is 57.4 Å². The van der Waals surface area contributed by atoms with Crippen LogP contribution in [0.4, 0.5) is 23.7 Å². The van der Waals surface area contributed by atoms with Crippen LogP contribution in [0.25, 0.3) is 0 Å². The van der Waals surface area contributed by atoms with Crippen molar-refractivity contribution < 1.29 is 37.3 Å². The molecular weight excluding hydrogens is 393 g/mol. The number of halogens is 3. The standard InChI is InChI=1S/C19H25F3N2O5/c1-18(2,3)29-17(27)23-14-4-6-24(11-14)15-9-12(5-7-28-19(20,21)22)8-13(10-15)16(25)26/h8-10,14H,4-7,11H2,1-3H3,(H,23,27)(H,25,26)/t14-/m0/s1. The van der Waals surface area contributed by atoms with Crippen molar-refractivity contribution in [3.63, 3.8) is 0 Å². The largest absolute Gasteiger partial charge is 0.522 e. The van der Waals surface area contributed by atoms with Crippen LogP contribution in [0.2, 0.25) is 0 Å². The van der Waals surface area contributed by atoms with Gasteiger partial charge in [0.1, 0.15) is 5.60 Å². The number of benzene rings is 1. The van der Waals surface area contributed by atoms with Crippen LogP contribution in [0.1, 0.15) is 43.1 Å². The Labute approximate surface area is 166 Å². The molecule has 0 aromatic heterocycles. The van der Waals surface area contributed by atoms with Gasteiger partial charge in [0.25, 0.3) is 0 Å². The lowest BCUT2D eigenvalue weighted by Crippen LogP contribution is -2.40. The molecule has 162 valence electrons. The van der Waals surface area contributed by atoms with E-state index in [1.165, 1.54) is 12.1 Å². The maximum absolute atomic E-state index is 12.2. The molecule has 0 radical (unpaired) electrons. The van der Waals surface area contributed by atoms with E-state index in [2.05, 4.69) is 10.1 Å². The number of carbonyl (C=O) groups excluding carboxylic acids is 1. The second kappa shape index (κ2) is 8.89. The number of carboxylic acid groups (broad SMARTS) is 1. The minimum atomic E-state index is -4.73. The maximum Gasteiger partial charge on any atom is 0.522 e. The molecule has 2 N–H and O–H groups in total. The maximum atomic E-state index is 12.2. The predicted octanol–water partition coefficient (Wildman–Crippen LogP) is 3.57. The number of anilines is 1. The molecule has 29 heavy (non-hydrogen) atoms. The minimum Gasteiger partial charge on any atom is -0.478 e. The quantitative estimate of drug-likeness (QED) is 0.735. The Balaban J connectivity index is 2.05. The van der Waals surface area contributed by atoms with E-state index in [1.54, 1.807) is 26.8 Å². The fourth-order valence-electron chi connectivity index (χ4n) is 3.00. The van der Waals surface area contributed by atoms with Gasteiger partial charge < -0.3 is 20.1 Å². The van der Waals surface area contributed by atoms with Crippen molar-refractivity contribution in [2.24, 2.45) is 0 Å². The first-order valence-corrected chi connectivity index (χ1v) is 9.15. The SMILES string of the molecule is CC(C)(C)OC(=O)N[C@H]1CCN(c2cc(CCOC(F)(F)F)cc(C(=O)O)c2)C1. The Bertz CT molecular complexity index is 746. The van der Waals surface area contributed by atoms with Crippen molar-refractivity contribution in [1.82, 2.24) is 5.32 Å². The van der Waals surface area contributed by atoms with Crippen LogP contribution in [0, 0.1) is 0 Å². The summed E-state index contributed by atoms with van der Waals surface area (Å²) in [6.07, 6.45) is -4.72. The molecule has 1 aliphatic heterocycles. The first-order valence-electron chi connectivity index (χ1n) is 9.15. The highest BCUT2D eigenvalue weighted by Crippen LogP contribution is 2.25. The van der Waals surface area contributed by atoms with E-state index in [0.29, 0.717) is 30.8 Å². The highest BCUT2D eigenvalue weighted by atomic mass is 19.4. The molecule has 1 atom stereocenters. The van der Waals surface area contributed by atoms with Gasteiger partial charge in [-0.1, -0.05) is 0 Å². The van der Waals surface area contributed by atoms with Crippen molar-refractivity contribution >= 4 is 17.7 Å². The number of hydrogen-bond donors (Lipinski definition) is 2. The molecule has 0 saturated carbocycles. The normalized spacial score (nSPS) is 17.3. The number of hydrogen-bond acceptors (Lipinski definition) is 5. The molecule has 1 aliphatic rings. The van der Waals surface area contributed by atoms with Crippen LogP contribution in [-0.4, -0.2) is 54.9 Å². The number of nitrogens with one attached hydrogen (secondary N) is 1. The van der Waals surface area contributed by atoms with Crippen LogP contribution in [-0.2, 0) is 15.9 Å². The number of carboxylic acids is 1. The van der Waals surface area contributed by atoms with E-state index < -0.39 is 30.6 Å². The zero-order valence-electron chi connectivity index (χ0n) is 16.5. The molecule has 10 heteroatoms. The Morgan fingerprint density at radius 1 is 1.24 bits per heavy atom. The average Bonchev–Trinajstić information content (AvgIpc) is 2.99. The Morgan fingerprint density at radius 2 is 1.93 bits per heavy atom. The molecular formula is C19H25F3N2O5. The van der Waals surface area contributed by atoms with Crippen molar-refractivity contribution in [1.29, 1.82) is 0 Å². The Hall–Kier alpha value is -2.49. The number of alkyl carbamates (subject to hydrolysis) is 1. The molecule has 0 aliphatic carbocycles. The van der Waals surface area contributed by atoms with E-state index in [4.69, 9.17) is 4.74 Å². The van der Waals surface area contributed by atoms with Gasteiger partial charge in [-0.2, -0.15) is 0 Å². The first-order chi connectivity index (χ1) is 13.3. The molecule has 1 amide bonds. The summed E-state index contributed by atoms with van der Waals surface area (Å²) < 4.78 is 45.5. The number of ether oxygens (including phenoxy) is 2. The predicted molar refractivity (Wildman–Crippen MR) is 99.1 cm³/mol. The van der Waals surface area contributed by atoms with Gasteiger partial charge in [-0.25, -0.2) is 9.59 Å². The highest BCUT2D eigenvalue weighted by Gasteiger charge is 2.29. The van der Waals surface area contributed by atoms with Gasteiger partial charge in [0.2, 0.25) is 0 Å². The number of aromatic carboxylic acids is 1. The molecule has 1 heterocycles. The Kier molecular flexibility index (Phi) is 6.99. The third-order valence-electron chi connectivity index (χ3n) is 4.16. The minimum absolute atomic E-state index is 0.0203. The third-order valence-corrected chi connectivity index (χ3v) is 4.16. The molecule has 0 spiro atoms. The van der Waals surface area contributed by atoms with Gasteiger partial charge in [0.15, 0.2) is 0 Å². The second-order valence-electron chi connectivity index (χ2n) is 7.82. The van der Waals surface area contributed by atoms with Crippen LogP contribution >= 0.6 is 0 Å². The summed E-state index contributed by atoms with van der Waals surface area (Å²) >= 11 is 0. The smallest absolute Gasteiger partial charge is 0.478 e. The summed E-state index contributed by atoms with van der Waals surface area (Å²) in [6.45, 7) is 5.66. The molecule has 7 nitrogen and oxygen atoms in total. The average molecular weight is 418 g/mol. The molecule has 1 aromatic rings. The zero-order chi connectivity index (χ0) is 21.8. The van der Waals surface area contributed by atoms with Gasteiger partial charge in [-0.3, -0.25) is 4.74 Å². The van der Waals surface area contributed by atoms with E-state index in [9.17, 15) is 27.9 Å². The van der Waals surface area contributed by atoms with Crippen molar-refractivity contribution in [2.45, 2.75) is 51.6 Å². The van der Waals surface area contributed by atoms with E-state index in [-0.39, 0.29) is 18.0 Å². The summed E-state index contributed by atoms with van der Waals surface area (Å²) in [5.41, 5.74) is 0.354. The van der Waals surface area contributed by atoms with Gasteiger partial charge in [-0.15, -0.1) is 13.2 Å². The van der Waals surface area contributed by atoms with E-state index in [1.807, 2.05) is 4.90 Å². The molecule has 1 aromatic carbocycles. The molecule has 0 unspecified atom stereocenters. The molecule has 2 rings (SSSR count). The summed E-state index contributed by atoms with van der Waals surface area (Å²) in [6, 6.07) is 4.25. The number of alkyl halides is 3. The second-order valence-corrected chi connectivity index (χ2v) is 7.82. The van der Waals surface area contributed by atoms with Gasteiger partial charge >= 0.3 is 18.4 Å². The lowest BCUT2D eigenvalue weighted by Gasteiger charge is -2.23. The fourth-order valence-corrected chi connectivity index (χ4v) is 3.00. The molecule has 1 saturated heterocycles. The van der Waals surface area contributed by atoms with Crippen LogP contribution < -0.4 is 10.2 Å². The monoisotopic (exact) mass is 418 g/mol. The summed E-state index contributed by atoms with van der Waals surface area (Å²) in [7, 11) is 0. The topological polar surface area (TPSA) is 88.1 Å². The fraction of sp³-hybridized carbons (Fsp3) is 0.579. The number of rotatable bonds is 6. The highest BCUT2D eigenvalue weighted by molar-refractivity contribution is 5.89. The van der Waals surface area contributed by atoms with Crippen molar-refractivity contribution in [2.75, 3.05) is 24.6 Å². The third kappa shape index (κ3) is 7.80. The molecule has 0 bridgehead atoms. The van der Waals surface area contributed by atoms with Crippen molar-refractivity contribution in [3.8, 4) is 0 Å². The summed E-state index contributed by atoms with van der Waals surface area (Å²) in [5, 5.41) is 12.1.